The number of nitrogens with one attached hydrogen (secondary N) is 1. The van der Waals surface area contributed by atoms with Crippen molar-refractivity contribution in [1.29, 1.82) is 0 Å². The molecule has 3 aromatic rings. The molecule has 0 bridgehead atoms. The fraction of sp³-hybridized carbons (Fsp3) is 0.321. The number of carbonyl (C=O) groups is 1. The van der Waals surface area contributed by atoms with E-state index in [1.807, 2.05) is 0 Å². The number of nitrogens with zero attached hydrogens (tertiary/aromatic N) is 2. The molecule has 210 valence electrons. The Morgan fingerprint density at radius 2 is 1.85 bits per heavy atom. The molecule has 1 atom stereocenters. The predicted octanol–water partition coefficient (Wildman–Crippen LogP) is 7.40. The molecule has 12 heteroatoms. The maximum atomic E-state index is 14.4. The smallest absolute Gasteiger partial charge is 0.396 e. The summed E-state index contributed by atoms with van der Waals surface area (Å²) < 4.78 is 57.3. The molecule has 2 aliphatic rings. The highest BCUT2D eigenvalue weighted by Gasteiger charge is 2.62. The van der Waals surface area contributed by atoms with Gasteiger partial charge < -0.3 is 15.0 Å². The van der Waals surface area contributed by atoms with Gasteiger partial charge in [0, 0.05) is 23.1 Å². The SMILES string of the molecule is O=C(NC/C=N/OCC1CCC1)c1ccc(C2=NOC(c3cc(Cl)c(F)c(Cl)c3)(C(F)(F)F)C2)c2ccccc12. The van der Waals surface area contributed by atoms with Crippen LogP contribution in [0.4, 0.5) is 17.6 Å². The topological polar surface area (TPSA) is 72.3 Å². The number of halogens is 6. The summed E-state index contributed by atoms with van der Waals surface area (Å²) in [6, 6.07) is 11.5. The first-order valence-electron chi connectivity index (χ1n) is 12.5. The standard InChI is InChI=1S/C28H23Cl2F4N3O3/c29-22-12-17(13-23(30)25(22)31)27(28(32,33)34)14-24(37-40-27)20-8-9-21(19-7-2-1-6-18(19)20)26(38)35-10-11-36-39-15-16-4-3-5-16/h1-2,6-9,11-13,16H,3-5,10,14-15H2,(H,35,38)/b36-11+. The molecule has 6 nitrogen and oxygen atoms in total. The molecule has 1 aliphatic carbocycles. The first-order chi connectivity index (χ1) is 19.1. The van der Waals surface area contributed by atoms with Crippen molar-refractivity contribution in [2.24, 2.45) is 16.2 Å². The molecular formula is C28H23Cl2F4N3O3. The Morgan fingerprint density at radius 3 is 2.50 bits per heavy atom. The van der Waals surface area contributed by atoms with E-state index in [-0.39, 0.29) is 12.3 Å². The number of alkyl halides is 3. The Hall–Kier alpha value is -3.37. The van der Waals surface area contributed by atoms with Crippen molar-refractivity contribution < 1.29 is 32.0 Å². The monoisotopic (exact) mass is 595 g/mol. The van der Waals surface area contributed by atoms with Crippen LogP contribution in [0.2, 0.25) is 10.0 Å². The molecule has 0 radical (unpaired) electrons. The highest BCUT2D eigenvalue weighted by molar-refractivity contribution is 6.35. The number of benzene rings is 3. The van der Waals surface area contributed by atoms with E-state index < -0.39 is 45.5 Å². The lowest BCUT2D eigenvalue weighted by atomic mass is 9.85. The first kappa shape index (κ1) is 28.2. The van der Waals surface area contributed by atoms with Crippen molar-refractivity contribution in [3.63, 3.8) is 0 Å². The quantitative estimate of drug-likeness (QED) is 0.128. The van der Waals surface area contributed by atoms with Crippen LogP contribution in [0, 0.1) is 11.7 Å². The Labute approximate surface area is 236 Å². The van der Waals surface area contributed by atoms with E-state index in [4.69, 9.17) is 32.9 Å². The molecule has 3 aromatic carbocycles. The second-order valence-corrected chi connectivity index (χ2v) is 10.5. The largest absolute Gasteiger partial charge is 0.435 e. The van der Waals surface area contributed by atoms with Crippen LogP contribution in [0.25, 0.3) is 10.8 Å². The lowest BCUT2D eigenvalue weighted by molar-refractivity contribution is -0.275. The lowest BCUT2D eigenvalue weighted by Gasteiger charge is -2.29. The second kappa shape index (κ2) is 11.2. The minimum atomic E-state index is -4.94. The minimum Gasteiger partial charge on any atom is -0.396 e. The third-order valence-electron chi connectivity index (χ3n) is 7.15. The van der Waals surface area contributed by atoms with Crippen molar-refractivity contribution in [3.8, 4) is 0 Å². The number of oxime groups is 2. The zero-order chi connectivity index (χ0) is 28.5. The third kappa shape index (κ3) is 5.34. The fourth-order valence-electron chi connectivity index (χ4n) is 4.72. The molecule has 0 aromatic heterocycles. The van der Waals surface area contributed by atoms with Gasteiger partial charge in [-0.2, -0.15) is 13.2 Å². The molecule has 40 heavy (non-hydrogen) atoms. The zero-order valence-corrected chi connectivity index (χ0v) is 22.4. The second-order valence-electron chi connectivity index (χ2n) is 9.68. The van der Waals surface area contributed by atoms with Gasteiger partial charge in [0.1, 0.15) is 6.61 Å². The van der Waals surface area contributed by atoms with Crippen LogP contribution in [0.3, 0.4) is 0 Å². The van der Waals surface area contributed by atoms with Crippen molar-refractivity contribution in [1.82, 2.24) is 5.32 Å². The van der Waals surface area contributed by atoms with Gasteiger partial charge in [-0.15, -0.1) is 0 Å². The van der Waals surface area contributed by atoms with E-state index in [0.717, 1.165) is 25.0 Å². The van der Waals surface area contributed by atoms with E-state index in [9.17, 15) is 22.4 Å². The van der Waals surface area contributed by atoms with Crippen LogP contribution < -0.4 is 5.32 Å². The number of hydrogen-bond donors (Lipinski definition) is 1. The summed E-state index contributed by atoms with van der Waals surface area (Å²) in [5, 5.41) is 10.3. The number of carbonyl (C=O) groups excluding carboxylic acids is 1. The van der Waals surface area contributed by atoms with Gasteiger partial charge in [0.15, 0.2) is 5.82 Å². The van der Waals surface area contributed by atoms with Gasteiger partial charge >= 0.3 is 6.18 Å². The molecule has 1 N–H and O–H groups in total. The summed E-state index contributed by atoms with van der Waals surface area (Å²) in [4.78, 5) is 23.2. The summed E-state index contributed by atoms with van der Waals surface area (Å²) in [6.45, 7) is 0.692. The first-order valence-corrected chi connectivity index (χ1v) is 13.3. The average molecular weight is 596 g/mol. The summed E-state index contributed by atoms with van der Waals surface area (Å²) in [6.07, 6.45) is -0.715. The van der Waals surface area contributed by atoms with Crippen molar-refractivity contribution >= 4 is 51.8 Å². The maximum absolute atomic E-state index is 14.4. The van der Waals surface area contributed by atoms with Crippen LogP contribution >= 0.6 is 23.2 Å². The maximum Gasteiger partial charge on any atom is 0.435 e. The highest BCUT2D eigenvalue weighted by atomic mass is 35.5. The van der Waals surface area contributed by atoms with Gasteiger partial charge in [-0.1, -0.05) is 70.3 Å². The van der Waals surface area contributed by atoms with E-state index in [1.54, 1.807) is 24.3 Å². The predicted molar refractivity (Wildman–Crippen MR) is 144 cm³/mol. The third-order valence-corrected chi connectivity index (χ3v) is 7.70. The minimum absolute atomic E-state index is 0.00667. The fourth-order valence-corrected chi connectivity index (χ4v) is 5.20. The summed E-state index contributed by atoms with van der Waals surface area (Å²) in [7, 11) is 0. The normalized spacial score (nSPS) is 19.4. The van der Waals surface area contributed by atoms with E-state index in [1.165, 1.54) is 24.8 Å². The van der Waals surface area contributed by atoms with Crippen LogP contribution in [-0.2, 0) is 15.3 Å². The Balaban J connectivity index is 1.38. The van der Waals surface area contributed by atoms with Crippen LogP contribution in [0.15, 0.2) is 58.8 Å². The molecule has 1 amide bonds. The van der Waals surface area contributed by atoms with Gasteiger partial charge in [0.25, 0.3) is 11.5 Å². The summed E-state index contributed by atoms with van der Waals surface area (Å²) >= 11 is 11.6. The molecule has 1 fully saturated rings. The Kier molecular flexibility index (Phi) is 7.92. The van der Waals surface area contributed by atoms with E-state index >= 15 is 0 Å². The molecule has 1 unspecified atom stereocenters. The number of fused-ring (bicyclic) bond motifs is 1. The molecule has 0 spiro atoms. The van der Waals surface area contributed by atoms with E-state index in [2.05, 4.69) is 15.6 Å². The molecular weight excluding hydrogens is 573 g/mol. The Morgan fingerprint density at radius 1 is 1.15 bits per heavy atom. The van der Waals surface area contributed by atoms with Crippen LogP contribution in [0.1, 0.15) is 47.2 Å². The number of rotatable bonds is 8. The number of amides is 1. The molecule has 1 aliphatic heterocycles. The summed E-state index contributed by atoms with van der Waals surface area (Å²) in [5.74, 6) is -0.881. The van der Waals surface area contributed by atoms with Crippen LogP contribution in [0.5, 0.6) is 0 Å². The summed E-state index contributed by atoms with van der Waals surface area (Å²) in [5.41, 5.74) is -2.74. The van der Waals surface area contributed by atoms with Crippen molar-refractivity contribution in [2.45, 2.75) is 37.5 Å². The van der Waals surface area contributed by atoms with Gasteiger partial charge in [0.05, 0.1) is 28.5 Å². The van der Waals surface area contributed by atoms with Crippen molar-refractivity contribution in [3.05, 3.63) is 81.1 Å². The molecule has 5 rings (SSSR count). The molecule has 1 heterocycles. The lowest BCUT2D eigenvalue weighted by Crippen LogP contribution is -2.42. The average Bonchev–Trinajstić information content (AvgIpc) is 3.36. The Bertz CT molecular complexity index is 1480. The molecule has 1 saturated carbocycles. The van der Waals surface area contributed by atoms with Gasteiger partial charge in [-0.05, 0) is 47.7 Å². The zero-order valence-electron chi connectivity index (χ0n) is 20.9. The van der Waals surface area contributed by atoms with E-state index in [0.29, 0.717) is 34.4 Å². The van der Waals surface area contributed by atoms with Gasteiger partial charge in [0.2, 0.25) is 0 Å². The van der Waals surface area contributed by atoms with Gasteiger partial charge in [-0.25, -0.2) is 4.39 Å². The van der Waals surface area contributed by atoms with Crippen molar-refractivity contribution in [2.75, 3.05) is 13.2 Å². The highest BCUT2D eigenvalue weighted by Crippen LogP contribution is 2.50. The van der Waals surface area contributed by atoms with Crippen LogP contribution in [-0.4, -0.2) is 37.2 Å². The van der Waals surface area contributed by atoms with Gasteiger partial charge in [-0.3, -0.25) is 4.79 Å². The number of hydrogen-bond acceptors (Lipinski definition) is 5. The molecule has 0 saturated heterocycles.